The van der Waals surface area contributed by atoms with Gasteiger partial charge in [0.05, 0.1) is 16.2 Å². The highest BCUT2D eigenvalue weighted by atomic mass is 127. The molecule has 1 amide bonds. The van der Waals surface area contributed by atoms with Gasteiger partial charge >= 0.3 is 0 Å². The fraction of sp³-hybridized carbons (Fsp3) is 0.176. The van der Waals surface area contributed by atoms with Crippen LogP contribution in [0.3, 0.4) is 0 Å². The second-order valence-corrected chi connectivity index (χ2v) is 7.68. The number of hydrogen-bond acceptors (Lipinski definition) is 5. The molecule has 8 heteroatoms. The molecular weight excluding hydrogens is 550 g/mol. The standard InChI is InChI=1S/C17H14I2N2O4/c18-12-7-11(17(23)13(19)8-12)9-20-21-16(22)6-10-1-2-14-15(5-10)25-4-3-24-14/h1-2,5,7-9,23H,3-4,6H2,(H,21,22)/b20-9+. The van der Waals surface area contributed by atoms with E-state index in [0.29, 0.717) is 30.3 Å². The number of halogens is 2. The third-order valence-corrected chi connectivity index (χ3v) is 4.87. The van der Waals surface area contributed by atoms with Crippen molar-refractivity contribution >= 4 is 57.3 Å². The Morgan fingerprint density at radius 1 is 1.20 bits per heavy atom. The molecule has 130 valence electrons. The molecular formula is C17H14I2N2O4. The van der Waals surface area contributed by atoms with Gasteiger partial charge in [-0.25, -0.2) is 5.43 Å². The molecule has 3 rings (SSSR count). The lowest BCUT2D eigenvalue weighted by atomic mass is 10.1. The number of hydrazone groups is 1. The molecule has 6 nitrogen and oxygen atoms in total. The van der Waals surface area contributed by atoms with Crippen LogP contribution in [-0.4, -0.2) is 30.4 Å². The minimum absolute atomic E-state index is 0.144. The van der Waals surface area contributed by atoms with Gasteiger partial charge in [-0.1, -0.05) is 6.07 Å². The molecule has 0 fully saturated rings. The van der Waals surface area contributed by atoms with Crippen LogP contribution >= 0.6 is 45.2 Å². The van der Waals surface area contributed by atoms with Crippen molar-refractivity contribution in [2.75, 3.05) is 13.2 Å². The summed E-state index contributed by atoms with van der Waals surface area (Å²) in [6.45, 7) is 1.04. The first-order valence-corrected chi connectivity index (χ1v) is 9.57. The SMILES string of the molecule is O=C(Cc1ccc2c(c1)OCCO2)N/N=C/c1cc(I)cc(I)c1O. The first kappa shape index (κ1) is 18.2. The van der Waals surface area contributed by atoms with E-state index in [4.69, 9.17) is 9.47 Å². The lowest BCUT2D eigenvalue weighted by molar-refractivity contribution is -0.120. The average Bonchev–Trinajstić information content (AvgIpc) is 2.59. The number of hydrogen-bond donors (Lipinski definition) is 2. The van der Waals surface area contributed by atoms with E-state index in [1.165, 1.54) is 6.21 Å². The van der Waals surface area contributed by atoms with Crippen molar-refractivity contribution in [3.05, 3.63) is 48.6 Å². The molecule has 0 saturated carbocycles. The molecule has 0 aliphatic carbocycles. The number of rotatable bonds is 4. The molecule has 1 heterocycles. The summed E-state index contributed by atoms with van der Waals surface area (Å²) >= 11 is 4.20. The molecule has 1 aliphatic rings. The topological polar surface area (TPSA) is 80.2 Å². The van der Waals surface area contributed by atoms with Gasteiger partial charge in [-0.15, -0.1) is 0 Å². The summed E-state index contributed by atoms with van der Waals surface area (Å²) in [6.07, 6.45) is 1.60. The number of phenolic OH excluding ortho intramolecular Hbond substituents is 1. The lowest BCUT2D eigenvalue weighted by Gasteiger charge is -2.18. The number of fused-ring (bicyclic) bond motifs is 1. The van der Waals surface area contributed by atoms with Gasteiger partial charge in [0.1, 0.15) is 19.0 Å². The molecule has 0 bridgehead atoms. The molecule has 2 aromatic rings. The Kier molecular flexibility index (Phi) is 5.99. The van der Waals surface area contributed by atoms with Gasteiger partial charge in [-0.2, -0.15) is 5.10 Å². The molecule has 0 spiro atoms. The first-order chi connectivity index (χ1) is 12.0. The van der Waals surface area contributed by atoms with E-state index in [1.54, 1.807) is 18.2 Å². The van der Waals surface area contributed by atoms with E-state index in [-0.39, 0.29) is 18.1 Å². The summed E-state index contributed by atoms with van der Waals surface area (Å²) in [5, 5.41) is 13.9. The minimum atomic E-state index is -0.257. The molecule has 25 heavy (non-hydrogen) atoms. The largest absolute Gasteiger partial charge is 0.506 e. The van der Waals surface area contributed by atoms with Crippen molar-refractivity contribution in [1.29, 1.82) is 0 Å². The second-order valence-electron chi connectivity index (χ2n) is 5.27. The highest BCUT2D eigenvalue weighted by Crippen LogP contribution is 2.30. The lowest BCUT2D eigenvalue weighted by Crippen LogP contribution is -2.20. The van der Waals surface area contributed by atoms with Crippen LogP contribution in [0.5, 0.6) is 17.2 Å². The van der Waals surface area contributed by atoms with Gasteiger partial charge in [0.25, 0.3) is 0 Å². The van der Waals surface area contributed by atoms with Crippen LogP contribution in [0.1, 0.15) is 11.1 Å². The van der Waals surface area contributed by atoms with Crippen molar-refractivity contribution in [2.24, 2.45) is 5.10 Å². The Bertz CT molecular complexity index is 840. The molecule has 0 atom stereocenters. The van der Waals surface area contributed by atoms with Gasteiger partial charge in [-0.05, 0) is 75.0 Å². The van der Waals surface area contributed by atoms with Crippen molar-refractivity contribution in [3.8, 4) is 17.2 Å². The molecule has 0 aromatic heterocycles. The second kappa shape index (κ2) is 8.21. The van der Waals surface area contributed by atoms with Crippen LogP contribution in [0.2, 0.25) is 0 Å². The van der Waals surface area contributed by atoms with E-state index < -0.39 is 0 Å². The number of nitrogens with zero attached hydrogens (tertiary/aromatic N) is 1. The number of nitrogens with one attached hydrogen (secondary N) is 1. The van der Waals surface area contributed by atoms with Gasteiger partial charge in [0, 0.05) is 9.13 Å². The normalized spacial score (nSPS) is 13.0. The van der Waals surface area contributed by atoms with Crippen LogP contribution in [0.4, 0.5) is 0 Å². The molecule has 1 aliphatic heterocycles. The summed E-state index contributed by atoms with van der Waals surface area (Å²) in [5.41, 5.74) is 3.83. The zero-order valence-corrected chi connectivity index (χ0v) is 17.3. The van der Waals surface area contributed by atoms with Gasteiger partial charge in [0.2, 0.25) is 5.91 Å². The zero-order chi connectivity index (χ0) is 17.8. The first-order valence-electron chi connectivity index (χ1n) is 7.41. The highest BCUT2D eigenvalue weighted by molar-refractivity contribution is 14.1. The average molecular weight is 564 g/mol. The van der Waals surface area contributed by atoms with Crippen molar-refractivity contribution in [3.63, 3.8) is 0 Å². The zero-order valence-electron chi connectivity index (χ0n) is 13.0. The summed E-state index contributed by atoms with van der Waals surface area (Å²) in [6, 6.07) is 9.06. The minimum Gasteiger partial charge on any atom is -0.506 e. The fourth-order valence-electron chi connectivity index (χ4n) is 2.28. The molecule has 0 unspecified atom stereocenters. The fourth-order valence-corrected chi connectivity index (χ4v) is 4.17. The van der Waals surface area contributed by atoms with Crippen LogP contribution in [0.25, 0.3) is 0 Å². The number of ether oxygens (including phenoxy) is 2. The number of aromatic hydroxyl groups is 1. The summed E-state index contributed by atoms with van der Waals surface area (Å²) < 4.78 is 12.7. The van der Waals surface area contributed by atoms with E-state index in [1.807, 2.05) is 34.7 Å². The Morgan fingerprint density at radius 2 is 1.96 bits per heavy atom. The number of carbonyl (C=O) groups excluding carboxylic acids is 1. The Labute approximate surface area is 171 Å². The third kappa shape index (κ3) is 4.75. The molecule has 2 aromatic carbocycles. The van der Waals surface area contributed by atoms with Crippen molar-refractivity contribution in [1.82, 2.24) is 5.43 Å². The maximum Gasteiger partial charge on any atom is 0.244 e. The van der Waals surface area contributed by atoms with Crippen LogP contribution in [-0.2, 0) is 11.2 Å². The monoisotopic (exact) mass is 564 g/mol. The number of benzene rings is 2. The van der Waals surface area contributed by atoms with E-state index >= 15 is 0 Å². The van der Waals surface area contributed by atoms with E-state index in [2.05, 4.69) is 33.1 Å². The Hall–Kier alpha value is -1.56. The third-order valence-electron chi connectivity index (χ3n) is 3.42. The van der Waals surface area contributed by atoms with Crippen LogP contribution < -0.4 is 14.9 Å². The van der Waals surface area contributed by atoms with Crippen LogP contribution in [0.15, 0.2) is 35.4 Å². The quantitative estimate of drug-likeness (QED) is 0.340. The van der Waals surface area contributed by atoms with E-state index in [0.717, 1.165) is 12.7 Å². The highest BCUT2D eigenvalue weighted by Gasteiger charge is 2.13. The number of phenols is 1. The van der Waals surface area contributed by atoms with Crippen molar-refractivity contribution < 1.29 is 19.4 Å². The summed E-state index contributed by atoms with van der Waals surface area (Å²) in [7, 11) is 0. The summed E-state index contributed by atoms with van der Waals surface area (Å²) in [5.74, 6) is 1.23. The summed E-state index contributed by atoms with van der Waals surface area (Å²) in [4.78, 5) is 12.0. The van der Waals surface area contributed by atoms with Crippen molar-refractivity contribution in [2.45, 2.75) is 6.42 Å². The van der Waals surface area contributed by atoms with E-state index in [9.17, 15) is 9.90 Å². The van der Waals surface area contributed by atoms with Crippen LogP contribution in [0, 0.1) is 7.14 Å². The molecule has 0 saturated heterocycles. The maximum atomic E-state index is 12.0. The molecule has 0 radical (unpaired) electrons. The predicted octanol–water partition coefficient (Wildman–Crippen LogP) is 3.07. The van der Waals surface area contributed by atoms with Gasteiger partial charge in [0.15, 0.2) is 11.5 Å². The maximum absolute atomic E-state index is 12.0. The smallest absolute Gasteiger partial charge is 0.244 e. The Balaban J connectivity index is 1.62. The number of carbonyl (C=O) groups is 1. The Morgan fingerprint density at radius 3 is 2.76 bits per heavy atom. The number of amides is 1. The predicted molar refractivity (Wildman–Crippen MR) is 110 cm³/mol. The molecule has 2 N–H and O–H groups in total. The van der Waals surface area contributed by atoms with Gasteiger partial charge < -0.3 is 14.6 Å². The van der Waals surface area contributed by atoms with Gasteiger partial charge in [-0.3, -0.25) is 4.79 Å².